The molecule has 2 heterocycles. The van der Waals surface area contributed by atoms with Gasteiger partial charge >= 0.3 is 0 Å². The van der Waals surface area contributed by atoms with Crippen LogP contribution in [-0.4, -0.2) is 43.1 Å². The van der Waals surface area contributed by atoms with Gasteiger partial charge in [0.1, 0.15) is 0 Å². The normalized spacial score (nSPS) is 37.9. The van der Waals surface area contributed by atoms with Crippen molar-refractivity contribution in [2.24, 2.45) is 5.92 Å². The van der Waals surface area contributed by atoms with Gasteiger partial charge < -0.3 is 15.7 Å². The average molecular weight is 158 g/mol. The van der Waals surface area contributed by atoms with Crippen LogP contribution in [0.15, 0.2) is 0 Å². The highest BCUT2D eigenvalue weighted by molar-refractivity contribution is 4.90. The Bertz CT molecular complexity index is 115. The zero-order valence-corrected chi connectivity index (χ0v) is 7.14. The standard InChI is InChI=1S/C8H16N2.H2O/c1-10-5-7-3-2-4-9-8(7)6-10;/h7-9H,2-6H2,1H3;1H2. The first-order valence-electron chi connectivity index (χ1n) is 4.28. The summed E-state index contributed by atoms with van der Waals surface area (Å²) in [6.07, 6.45) is 2.83. The molecule has 0 aromatic carbocycles. The molecule has 3 nitrogen and oxygen atoms in total. The van der Waals surface area contributed by atoms with Crippen molar-refractivity contribution in [2.75, 3.05) is 26.7 Å². The number of likely N-dealkylation sites (tertiary alicyclic amines) is 1. The molecule has 0 spiro atoms. The van der Waals surface area contributed by atoms with Gasteiger partial charge in [0.25, 0.3) is 0 Å². The maximum atomic E-state index is 3.57. The van der Waals surface area contributed by atoms with Crippen LogP contribution >= 0.6 is 0 Å². The van der Waals surface area contributed by atoms with Crippen LogP contribution in [0.25, 0.3) is 0 Å². The number of hydrogen-bond acceptors (Lipinski definition) is 2. The minimum atomic E-state index is 0. The third kappa shape index (κ3) is 1.72. The van der Waals surface area contributed by atoms with Crippen molar-refractivity contribution in [1.29, 1.82) is 0 Å². The largest absolute Gasteiger partial charge is 0.412 e. The predicted molar refractivity (Wildman–Crippen MR) is 45.6 cm³/mol. The van der Waals surface area contributed by atoms with Crippen molar-refractivity contribution < 1.29 is 5.48 Å². The predicted octanol–water partition coefficient (Wildman–Crippen LogP) is -0.525. The van der Waals surface area contributed by atoms with E-state index < -0.39 is 0 Å². The lowest BCUT2D eigenvalue weighted by Crippen LogP contribution is -2.40. The van der Waals surface area contributed by atoms with Gasteiger partial charge in [-0.2, -0.15) is 0 Å². The summed E-state index contributed by atoms with van der Waals surface area (Å²) in [7, 11) is 2.22. The van der Waals surface area contributed by atoms with Gasteiger partial charge in [0.05, 0.1) is 0 Å². The quantitative estimate of drug-likeness (QED) is 0.515. The van der Waals surface area contributed by atoms with Crippen molar-refractivity contribution in [2.45, 2.75) is 18.9 Å². The van der Waals surface area contributed by atoms with Gasteiger partial charge in [0.2, 0.25) is 0 Å². The molecule has 0 bridgehead atoms. The molecular weight excluding hydrogens is 140 g/mol. The summed E-state index contributed by atoms with van der Waals surface area (Å²) in [6, 6.07) is 0.818. The van der Waals surface area contributed by atoms with Crippen LogP contribution in [0.2, 0.25) is 0 Å². The van der Waals surface area contributed by atoms with Gasteiger partial charge in [-0.15, -0.1) is 0 Å². The van der Waals surface area contributed by atoms with Crippen molar-refractivity contribution in [3.8, 4) is 0 Å². The minimum absolute atomic E-state index is 0. The van der Waals surface area contributed by atoms with Crippen molar-refractivity contribution in [3.05, 3.63) is 0 Å². The molecule has 2 aliphatic heterocycles. The Hall–Kier alpha value is -0.120. The molecule has 0 saturated carbocycles. The van der Waals surface area contributed by atoms with E-state index in [4.69, 9.17) is 0 Å². The number of nitrogens with zero attached hydrogens (tertiary/aromatic N) is 1. The molecule has 2 atom stereocenters. The fourth-order valence-corrected chi connectivity index (χ4v) is 2.26. The Morgan fingerprint density at radius 1 is 1.36 bits per heavy atom. The van der Waals surface area contributed by atoms with E-state index in [1.54, 1.807) is 0 Å². The van der Waals surface area contributed by atoms with E-state index in [0.717, 1.165) is 12.0 Å². The van der Waals surface area contributed by atoms with Crippen LogP contribution in [0.5, 0.6) is 0 Å². The lowest BCUT2D eigenvalue weighted by Gasteiger charge is -2.24. The molecule has 0 aliphatic carbocycles. The van der Waals surface area contributed by atoms with Crippen LogP contribution < -0.4 is 5.32 Å². The molecule has 0 aromatic rings. The monoisotopic (exact) mass is 158 g/mol. The molecule has 0 amide bonds. The lowest BCUT2D eigenvalue weighted by molar-refractivity contribution is 0.338. The summed E-state index contributed by atoms with van der Waals surface area (Å²) in [6.45, 7) is 3.83. The first-order valence-corrected chi connectivity index (χ1v) is 4.28. The van der Waals surface area contributed by atoms with Crippen LogP contribution in [0.1, 0.15) is 12.8 Å². The molecule has 0 radical (unpaired) electrons. The van der Waals surface area contributed by atoms with E-state index in [9.17, 15) is 0 Å². The molecule has 2 fully saturated rings. The SMILES string of the molecule is CN1CC2CCCNC2C1.O. The second kappa shape index (κ2) is 3.52. The van der Waals surface area contributed by atoms with E-state index in [1.165, 1.54) is 32.5 Å². The number of nitrogens with one attached hydrogen (secondary N) is 1. The number of piperidine rings is 1. The lowest BCUT2D eigenvalue weighted by atomic mass is 9.94. The number of fused-ring (bicyclic) bond motifs is 1. The van der Waals surface area contributed by atoms with Gasteiger partial charge in [-0.1, -0.05) is 0 Å². The van der Waals surface area contributed by atoms with Crippen molar-refractivity contribution in [1.82, 2.24) is 10.2 Å². The topological polar surface area (TPSA) is 46.8 Å². The highest BCUT2D eigenvalue weighted by atomic mass is 16.0. The number of hydrogen-bond donors (Lipinski definition) is 1. The summed E-state index contributed by atoms with van der Waals surface area (Å²) in [5.74, 6) is 0.957. The Morgan fingerprint density at radius 2 is 2.18 bits per heavy atom. The third-order valence-corrected chi connectivity index (χ3v) is 2.78. The summed E-state index contributed by atoms with van der Waals surface area (Å²) in [5, 5.41) is 3.57. The minimum Gasteiger partial charge on any atom is -0.412 e. The summed E-state index contributed by atoms with van der Waals surface area (Å²) < 4.78 is 0. The molecule has 3 N–H and O–H groups in total. The van der Waals surface area contributed by atoms with Crippen LogP contribution in [0.4, 0.5) is 0 Å². The molecular formula is C8H18N2O. The van der Waals surface area contributed by atoms with Crippen molar-refractivity contribution in [3.63, 3.8) is 0 Å². The first kappa shape index (κ1) is 8.97. The molecule has 2 saturated heterocycles. The zero-order chi connectivity index (χ0) is 6.97. The van der Waals surface area contributed by atoms with Gasteiger partial charge in [-0.3, -0.25) is 0 Å². The first-order chi connectivity index (χ1) is 4.86. The number of likely N-dealkylation sites (N-methyl/N-ethyl adjacent to an activating group) is 1. The van der Waals surface area contributed by atoms with E-state index in [-0.39, 0.29) is 5.48 Å². The fourth-order valence-electron chi connectivity index (χ4n) is 2.26. The van der Waals surface area contributed by atoms with E-state index in [0.29, 0.717) is 0 Å². The molecule has 0 aromatic heterocycles. The molecule has 11 heavy (non-hydrogen) atoms. The molecule has 2 rings (SSSR count). The molecule has 2 aliphatic rings. The van der Waals surface area contributed by atoms with Crippen molar-refractivity contribution >= 4 is 0 Å². The van der Waals surface area contributed by atoms with Gasteiger partial charge in [-0.05, 0) is 32.4 Å². The Balaban J connectivity index is 0.000000605. The third-order valence-electron chi connectivity index (χ3n) is 2.78. The van der Waals surface area contributed by atoms with Gasteiger partial charge in [0.15, 0.2) is 0 Å². The van der Waals surface area contributed by atoms with E-state index in [2.05, 4.69) is 17.3 Å². The Morgan fingerprint density at radius 3 is 2.91 bits per heavy atom. The Labute approximate surface area is 68.1 Å². The molecule has 2 unspecified atom stereocenters. The van der Waals surface area contributed by atoms with Crippen LogP contribution in [0, 0.1) is 5.92 Å². The highest BCUT2D eigenvalue weighted by Crippen LogP contribution is 2.23. The smallest absolute Gasteiger partial charge is 0.0235 e. The maximum absolute atomic E-state index is 3.57. The molecule has 66 valence electrons. The van der Waals surface area contributed by atoms with E-state index in [1.807, 2.05) is 0 Å². The van der Waals surface area contributed by atoms with Crippen LogP contribution in [-0.2, 0) is 0 Å². The maximum Gasteiger partial charge on any atom is 0.0235 e. The number of rotatable bonds is 0. The second-order valence-electron chi connectivity index (χ2n) is 3.68. The average Bonchev–Trinajstić information content (AvgIpc) is 2.27. The van der Waals surface area contributed by atoms with Gasteiger partial charge in [-0.25, -0.2) is 0 Å². The van der Waals surface area contributed by atoms with Crippen LogP contribution in [0.3, 0.4) is 0 Å². The summed E-state index contributed by atoms with van der Waals surface area (Å²) >= 11 is 0. The summed E-state index contributed by atoms with van der Waals surface area (Å²) in [5.41, 5.74) is 0. The fraction of sp³-hybridized carbons (Fsp3) is 1.00. The zero-order valence-electron chi connectivity index (χ0n) is 7.14. The molecule has 3 heteroatoms. The highest BCUT2D eigenvalue weighted by Gasteiger charge is 2.31. The van der Waals surface area contributed by atoms with Gasteiger partial charge in [0, 0.05) is 19.1 Å². The van der Waals surface area contributed by atoms with E-state index >= 15 is 0 Å². The summed E-state index contributed by atoms with van der Waals surface area (Å²) in [4.78, 5) is 2.44. The Kier molecular flexibility index (Phi) is 2.87. The second-order valence-corrected chi connectivity index (χ2v) is 3.68.